The summed E-state index contributed by atoms with van der Waals surface area (Å²) in [6.07, 6.45) is 1.59. The number of cyclic esters (lactones) is 1. The van der Waals surface area contributed by atoms with E-state index in [1.54, 1.807) is 13.8 Å². The van der Waals surface area contributed by atoms with Gasteiger partial charge >= 0.3 is 11.9 Å². The van der Waals surface area contributed by atoms with Gasteiger partial charge in [0.05, 0.1) is 0 Å². The van der Waals surface area contributed by atoms with Crippen LogP contribution in [-0.2, 0) is 23.9 Å². The highest BCUT2D eigenvalue weighted by Crippen LogP contribution is 2.31. The van der Waals surface area contributed by atoms with Crippen LogP contribution in [0.3, 0.4) is 0 Å². The van der Waals surface area contributed by atoms with E-state index in [4.69, 9.17) is 4.74 Å². The number of ether oxygens (including phenoxy) is 1. The number of amides is 2. The van der Waals surface area contributed by atoms with Crippen LogP contribution in [0.5, 0.6) is 0 Å². The number of carbonyl (C=O) groups excluding carboxylic acids is 3. The van der Waals surface area contributed by atoms with Gasteiger partial charge in [-0.2, -0.15) is 0 Å². The van der Waals surface area contributed by atoms with Crippen LogP contribution in [0.2, 0.25) is 0 Å². The molecule has 0 aromatic rings. The Balaban J connectivity index is 2.01. The summed E-state index contributed by atoms with van der Waals surface area (Å²) in [5.41, 5.74) is 0. The van der Waals surface area contributed by atoms with Crippen molar-refractivity contribution in [2.24, 2.45) is 23.7 Å². The van der Waals surface area contributed by atoms with Crippen LogP contribution in [0, 0.1) is 23.7 Å². The lowest BCUT2D eigenvalue weighted by Crippen LogP contribution is -2.61. The van der Waals surface area contributed by atoms with Crippen molar-refractivity contribution in [3.05, 3.63) is 0 Å². The molecular weight excluding hydrogens is 340 g/mol. The van der Waals surface area contributed by atoms with Crippen LogP contribution in [0.15, 0.2) is 0 Å². The van der Waals surface area contributed by atoms with Gasteiger partial charge in [0.2, 0.25) is 5.91 Å². The molecule has 0 aromatic carbocycles. The van der Waals surface area contributed by atoms with Crippen LogP contribution in [0.1, 0.15) is 47.0 Å². The maximum atomic E-state index is 12.6. The summed E-state index contributed by atoms with van der Waals surface area (Å²) in [7, 11) is 0. The third-order valence-corrected chi connectivity index (χ3v) is 5.25. The number of nitrogens with one attached hydrogen (secondary N) is 2. The summed E-state index contributed by atoms with van der Waals surface area (Å²) in [6, 6.07) is -1.84. The Morgan fingerprint density at radius 1 is 1.12 bits per heavy atom. The van der Waals surface area contributed by atoms with Gasteiger partial charge in [-0.3, -0.25) is 14.4 Å². The molecule has 2 amide bonds. The molecule has 2 aliphatic rings. The number of hydrogen-bond acceptors (Lipinski definition) is 5. The summed E-state index contributed by atoms with van der Waals surface area (Å²) in [5, 5.41) is 14.5. The topological polar surface area (TPSA) is 122 Å². The largest absolute Gasteiger partial charge is 0.480 e. The highest BCUT2D eigenvalue weighted by atomic mass is 16.6. The lowest BCUT2D eigenvalue weighted by atomic mass is 9.79. The molecule has 2 rings (SSSR count). The number of aliphatic carboxylic acids is 1. The molecular formula is C18H28N2O6. The quantitative estimate of drug-likeness (QED) is 0.542. The third kappa shape index (κ3) is 4.16. The molecule has 4 atom stereocenters. The maximum Gasteiger partial charge on any atom is 0.326 e. The van der Waals surface area contributed by atoms with Gasteiger partial charge in [0.15, 0.2) is 6.10 Å². The van der Waals surface area contributed by atoms with Crippen LogP contribution in [-0.4, -0.2) is 47.0 Å². The van der Waals surface area contributed by atoms with E-state index in [0.717, 1.165) is 19.3 Å². The standard InChI is InChI=1S/C18H28N2O6/c1-8(2)11-14(26-18(11)25)16(22)19-12(9(3)4)15(21)20-13(17(23)24)10-6-5-7-10/h8-14H,5-7H2,1-4H3,(H,19,22)(H,20,21)(H,23,24)/t11-,12-,13-,14+/m0/s1. The van der Waals surface area contributed by atoms with E-state index in [2.05, 4.69) is 10.6 Å². The van der Waals surface area contributed by atoms with E-state index in [1.807, 2.05) is 13.8 Å². The van der Waals surface area contributed by atoms with E-state index in [1.165, 1.54) is 0 Å². The lowest BCUT2D eigenvalue weighted by Gasteiger charge is -2.37. The Morgan fingerprint density at radius 3 is 2.12 bits per heavy atom. The average Bonchev–Trinajstić information content (AvgIpc) is 2.45. The molecule has 1 aliphatic heterocycles. The Morgan fingerprint density at radius 2 is 1.73 bits per heavy atom. The van der Waals surface area contributed by atoms with Crippen molar-refractivity contribution in [3.63, 3.8) is 0 Å². The van der Waals surface area contributed by atoms with Crippen molar-refractivity contribution >= 4 is 23.8 Å². The van der Waals surface area contributed by atoms with Crippen molar-refractivity contribution in [1.29, 1.82) is 0 Å². The first-order chi connectivity index (χ1) is 12.1. The highest BCUT2D eigenvalue weighted by molar-refractivity contribution is 5.97. The number of carbonyl (C=O) groups is 4. The Bertz CT molecular complexity index is 584. The number of hydrogen-bond donors (Lipinski definition) is 3. The lowest BCUT2D eigenvalue weighted by molar-refractivity contribution is -0.193. The summed E-state index contributed by atoms with van der Waals surface area (Å²) >= 11 is 0. The molecule has 1 heterocycles. The van der Waals surface area contributed by atoms with Gasteiger partial charge in [0.25, 0.3) is 5.91 Å². The molecule has 1 saturated carbocycles. The first-order valence-corrected chi connectivity index (χ1v) is 9.17. The average molecular weight is 368 g/mol. The van der Waals surface area contributed by atoms with E-state index in [0.29, 0.717) is 0 Å². The Labute approximate surface area is 153 Å². The number of rotatable bonds is 8. The molecule has 8 heteroatoms. The van der Waals surface area contributed by atoms with Gasteiger partial charge in [-0.05, 0) is 30.6 Å². The van der Waals surface area contributed by atoms with Crippen LogP contribution in [0.4, 0.5) is 0 Å². The summed E-state index contributed by atoms with van der Waals surface area (Å²) < 4.78 is 4.94. The normalized spacial score (nSPS) is 24.9. The molecule has 0 unspecified atom stereocenters. The highest BCUT2D eigenvalue weighted by Gasteiger charge is 2.49. The van der Waals surface area contributed by atoms with Gasteiger partial charge in [0.1, 0.15) is 18.0 Å². The van der Waals surface area contributed by atoms with Crippen molar-refractivity contribution < 1.29 is 29.0 Å². The van der Waals surface area contributed by atoms with E-state index < -0.39 is 47.9 Å². The van der Waals surface area contributed by atoms with Crippen molar-refractivity contribution in [2.75, 3.05) is 0 Å². The summed E-state index contributed by atoms with van der Waals surface area (Å²) in [5.74, 6) is -3.42. The van der Waals surface area contributed by atoms with Crippen molar-refractivity contribution in [2.45, 2.75) is 65.1 Å². The zero-order valence-electron chi connectivity index (χ0n) is 15.7. The van der Waals surface area contributed by atoms with Crippen LogP contribution >= 0.6 is 0 Å². The number of esters is 1. The van der Waals surface area contributed by atoms with E-state index in [9.17, 15) is 24.3 Å². The molecule has 2 fully saturated rings. The molecule has 0 spiro atoms. The van der Waals surface area contributed by atoms with Gasteiger partial charge in [-0.15, -0.1) is 0 Å². The molecule has 0 bridgehead atoms. The SMILES string of the molecule is CC(C)[C@H](NC(=O)[C@@H]1OC(=O)[C@H]1C(C)C)C(=O)N[C@H](C(=O)O)C1CCC1. The molecule has 3 N–H and O–H groups in total. The zero-order valence-corrected chi connectivity index (χ0v) is 15.7. The maximum absolute atomic E-state index is 12.6. The molecule has 8 nitrogen and oxygen atoms in total. The fraction of sp³-hybridized carbons (Fsp3) is 0.778. The fourth-order valence-electron chi connectivity index (χ4n) is 3.33. The third-order valence-electron chi connectivity index (χ3n) is 5.25. The minimum absolute atomic E-state index is 0.0478. The minimum atomic E-state index is -1.07. The molecule has 0 aromatic heterocycles. The van der Waals surface area contributed by atoms with E-state index >= 15 is 0 Å². The van der Waals surface area contributed by atoms with E-state index in [-0.39, 0.29) is 17.8 Å². The smallest absolute Gasteiger partial charge is 0.326 e. The molecule has 26 heavy (non-hydrogen) atoms. The number of carboxylic acid groups (broad SMARTS) is 1. The monoisotopic (exact) mass is 368 g/mol. The second-order valence-electron chi connectivity index (χ2n) is 7.87. The second-order valence-corrected chi connectivity index (χ2v) is 7.87. The molecule has 0 radical (unpaired) electrons. The van der Waals surface area contributed by atoms with Crippen LogP contribution < -0.4 is 10.6 Å². The number of carboxylic acids is 1. The Hall–Kier alpha value is -2.12. The molecule has 1 saturated heterocycles. The van der Waals surface area contributed by atoms with Crippen LogP contribution in [0.25, 0.3) is 0 Å². The first kappa shape index (κ1) is 20.2. The van der Waals surface area contributed by atoms with Gasteiger partial charge in [0, 0.05) is 0 Å². The first-order valence-electron chi connectivity index (χ1n) is 9.17. The molecule has 1 aliphatic carbocycles. The summed E-state index contributed by atoms with van der Waals surface area (Å²) in [4.78, 5) is 48.0. The van der Waals surface area contributed by atoms with Gasteiger partial charge in [-0.1, -0.05) is 34.1 Å². The fourth-order valence-corrected chi connectivity index (χ4v) is 3.33. The van der Waals surface area contributed by atoms with Crippen molar-refractivity contribution in [3.8, 4) is 0 Å². The zero-order chi connectivity index (χ0) is 19.6. The van der Waals surface area contributed by atoms with Gasteiger partial charge < -0.3 is 20.5 Å². The van der Waals surface area contributed by atoms with Gasteiger partial charge in [-0.25, -0.2) is 4.79 Å². The Kier molecular flexibility index (Phi) is 6.26. The minimum Gasteiger partial charge on any atom is -0.480 e. The molecule has 146 valence electrons. The predicted molar refractivity (Wildman–Crippen MR) is 91.9 cm³/mol. The predicted octanol–water partition coefficient (Wildman–Crippen LogP) is 0.694. The second kappa shape index (κ2) is 8.05. The van der Waals surface area contributed by atoms with Crippen molar-refractivity contribution in [1.82, 2.24) is 10.6 Å². The summed E-state index contributed by atoms with van der Waals surface area (Å²) in [6.45, 7) is 7.18.